The van der Waals surface area contributed by atoms with Crippen molar-refractivity contribution in [3.05, 3.63) is 108 Å². The van der Waals surface area contributed by atoms with Crippen LogP contribution in [0, 0.1) is 5.82 Å². The van der Waals surface area contributed by atoms with Crippen molar-refractivity contribution >= 4 is 17.9 Å². The molecule has 0 heterocycles. The number of fused-ring (bicyclic) bond motifs is 1. The van der Waals surface area contributed by atoms with E-state index in [1.807, 2.05) is 12.1 Å². The molecular weight excluding hydrogens is 535 g/mol. The maximum Gasteiger partial charge on any atom is 0.338 e. The number of hydrogen-bond acceptors (Lipinski definition) is 6. The largest absolute Gasteiger partial charge is 0.463 e. The van der Waals surface area contributed by atoms with E-state index in [1.165, 1.54) is 37.1 Å². The molecule has 0 bridgehead atoms. The van der Waals surface area contributed by atoms with Gasteiger partial charge in [0.2, 0.25) is 0 Å². The van der Waals surface area contributed by atoms with Gasteiger partial charge in [-0.2, -0.15) is 0 Å². The number of ether oxygens (including phenoxy) is 3. The van der Waals surface area contributed by atoms with Crippen molar-refractivity contribution in [2.75, 3.05) is 6.61 Å². The average Bonchev–Trinajstić information content (AvgIpc) is 3.46. The standard InChI is InChI=1S/C35H33FO6/c1-6-33(37)40-18-8-9-23-12-15-29(28-11-7-10-26(23)28)30-16-13-24(19-31(30)36)27-17-14-25(41-34(38)21(2)3)20-32(27)42-35(39)22(4)5/h6,12-17,19-20H,1-2,4,7-11,18H2,3,5H3. The van der Waals surface area contributed by atoms with Gasteiger partial charge in [-0.1, -0.05) is 44.0 Å². The Morgan fingerprint density at radius 2 is 1.52 bits per heavy atom. The van der Waals surface area contributed by atoms with Crippen LogP contribution in [0.15, 0.2) is 85.5 Å². The Labute approximate surface area is 245 Å². The highest BCUT2D eigenvalue weighted by Crippen LogP contribution is 2.39. The number of carbonyl (C=O) groups is 3. The Morgan fingerprint density at radius 3 is 2.21 bits per heavy atom. The summed E-state index contributed by atoms with van der Waals surface area (Å²) >= 11 is 0. The lowest BCUT2D eigenvalue weighted by Crippen LogP contribution is -2.11. The predicted molar refractivity (Wildman–Crippen MR) is 160 cm³/mol. The molecule has 0 spiro atoms. The molecule has 0 amide bonds. The van der Waals surface area contributed by atoms with Gasteiger partial charge in [-0.15, -0.1) is 0 Å². The van der Waals surface area contributed by atoms with Gasteiger partial charge in [0, 0.05) is 34.4 Å². The van der Waals surface area contributed by atoms with Gasteiger partial charge in [0.25, 0.3) is 0 Å². The molecule has 42 heavy (non-hydrogen) atoms. The molecule has 4 rings (SSSR count). The van der Waals surface area contributed by atoms with E-state index in [4.69, 9.17) is 14.2 Å². The van der Waals surface area contributed by atoms with Crippen molar-refractivity contribution in [3.8, 4) is 33.8 Å². The summed E-state index contributed by atoms with van der Waals surface area (Å²) in [5.74, 6) is -1.87. The summed E-state index contributed by atoms with van der Waals surface area (Å²) < 4.78 is 31.7. The van der Waals surface area contributed by atoms with Gasteiger partial charge in [0.05, 0.1) is 6.61 Å². The molecule has 7 heteroatoms. The molecule has 1 aliphatic rings. The second kappa shape index (κ2) is 13.3. The highest BCUT2D eigenvalue weighted by Gasteiger charge is 2.22. The van der Waals surface area contributed by atoms with Crippen LogP contribution in [0.3, 0.4) is 0 Å². The monoisotopic (exact) mass is 568 g/mol. The molecule has 3 aromatic rings. The zero-order valence-electron chi connectivity index (χ0n) is 23.9. The highest BCUT2D eigenvalue weighted by atomic mass is 19.1. The van der Waals surface area contributed by atoms with Crippen LogP contribution in [0.2, 0.25) is 0 Å². The molecular formula is C35H33FO6. The van der Waals surface area contributed by atoms with E-state index in [-0.39, 0.29) is 22.6 Å². The number of rotatable bonds is 11. The Balaban J connectivity index is 1.64. The lowest BCUT2D eigenvalue weighted by Gasteiger charge is -2.16. The van der Waals surface area contributed by atoms with Crippen LogP contribution in [0.5, 0.6) is 11.5 Å². The molecule has 1 aliphatic carbocycles. The number of aryl methyl sites for hydroxylation is 1. The van der Waals surface area contributed by atoms with Crippen molar-refractivity contribution in [1.82, 2.24) is 0 Å². The van der Waals surface area contributed by atoms with Crippen molar-refractivity contribution in [1.29, 1.82) is 0 Å². The summed E-state index contributed by atoms with van der Waals surface area (Å²) in [4.78, 5) is 35.7. The van der Waals surface area contributed by atoms with Crippen LogP contribution >= 0.6 is 0 Å². The second-order valence-electron chi connectivity index (χ2n) is 10.3. The third-order valence-corrected chi connectivity index (χ3v) is 7.02. The molecule has 0 aromatic heterocycles. The van der Waals surface area contributed by atoms with E-state index < -0.39 is 23.7 Å². The van der Waals surface area contributed by atoms with Gasteiger partial charge >= 0.3 is 17.9 Å². The number of hydrogen-bond donors (Lipinski definition) is 0. The fourth-order valence-corrected chi connectivity index (χ4v) is 4.93. The predicted octanol–water partition coefficient (Wildman–Crippen LogP) is 7.27. The number of benzene rings is 3. The van der Waals surface area contributed by atoms with Crippen LogP contribution in [0.1, 0.15) is 43.4 Å². The van der Waals surface area contributed by atoms with E-state index in [0.29, 0.717) is 29.7 Å². The molecule has 0 atom stereocenters. The minimum absolute atomic E-state index is 0.103. The summed E-state index contributed by atoms with van der Waals surface area (Å²) in [6, 6.07) is 13.5. The van der Waals surface area contributed by atoms with E-state index in [1.54, 1.807) is 24.3 Å². The van der Waals surface area contributed by atoms with E-state index in [2.05, 4.69) is 19.7 Å². The second-order valence-corrected chi connectivity index (χ2v) is 10.3. The van der Waals surface area contributed by atoms with Gasteiger partial charge in [0.15, 0.2) is 0 Å². The number of esters is 3. The summed E-state index contributed by atoms with van der Waals surface area (Å²) in [7, 11) is 0. The Hall–Kier alpha value is -4.78. The van der Waals surface area contributed by atoms with Crippen LogP contribution in [0.4, 0.5) is 4.39 Å². The highest BCUT2D eigenvalue weighted by molar-refractivity contribution is 5.91. The Morgan fingerprint density at radius 1 is 0.857 bits per heavy atom. The lowest BCUT2D eigenvalue weighted by molar-refractivity contribution is -0.138. The van der Waals surface area contributed by atoms with Crippen LogP contribution in [-0.2, 0) is 38.4 Å². The van der Waals surface area contributed by atoms with Crippen molar-refractivity contribution in [3.63, 3.8) is 0 Å². The van der Waals surface area contributed by atoms with Crippen molar-refractivity contribution < 1.29 is 33.0 Å². The van der Waals surface area contributed by atoms with Crippen molar-refractivity contribution in [2.45, 2.75) is 46.0 Å². The van der Waals surface area contributed by atoms with E-state index in [9.17, 15) is 14.4 Å². The third-order valence-electron chi connectivity index (χ3n) is 7.02. The van der Waals surface area contributed by atoms with Gasteiger partial charge in [0.1, 0.15) is 17.3 Å². The van der Waals surface area contributed by atoms with E-state index in [0.717, 1.165) is 42.9 Å². The smallest absolute Gasteiger partial charge is 0.338 e. The molecule has 3 aromatic carbocycles. The Bertz CT molecular complexity index is 1600. The molecule has 0 N–H and O–H groups in total. The number of halogens is 1. The molecule has 0 aliphatic heterocycles. The molecule has 6 nitrogen and oxygen atoms in total. The van der Waals surface area contributed by atoms with Crippen LogP contribution in [-0.4, -0.2) is 24.5 Å². The SMILES string of the molecule is C=CC(=O)OCCCc1ccc(-c2ccc(-c3ccc(OC(=O)C(=C)C)cc3OC(=O)C(=C)C)cc2F)c2c1CCC2. The minimum Gasteiger partial charge on any atom is -0.463 e. The summed E-state index contributed by atoms with van der Waals surface area (Å²) in [5, 5.41) is 0. The first-order valence-electron chi connectivity index (χ1n) is 13.7. The first kappa shape index (κ1) is 30.2. The fourth-order valence-electron chi connectivity index (χ4n) is 4.93. The van der Waals surface area contributed by atoms with Crippen LogP contribution < -0.4 is 9.47 Å². The topological polar surface area (TPSA) is 78.9 Å². The third kappa shape index (κ3) is 6.92. The van der Waals surface area contributed by atoms with Gasteiger partial charge in [-0.25, -0.2) is 18.8 Å². The number of carbonyl (C=O) groups excluding carboxylic acids is 3. The fraction of sp³-hybridized carbons (Fsp3) is 0.229. The molecule has 216 valence electrons. The quantitative estimate of drug-likeness (QED) is 0.105. The zero-order valence-corrected chi connectivity index (χ0v) is 23.9. The van der Waals surface area contributed by atoms with Gasteiger partial charge < -0.3 is 14.2 Å². The molecule has 0 saturated heterocycles. The Kier molecular flexibility index (Phi) is 9.53. The lowest BCUT2D eigenvalue weighted by atomic mass is 9.91. The normalized spacial score (nSPS) is 11.8. The molecule has 0 fully saturated rings. The maximum absolute atomic E-state index is 15.8. The van der Waals surface area contributed by atoms with Gasteiger partial charge in [-0.05, 0) is 92.0 Å². The van der Waals surface area contributed by atoms with Crippen molar-refractivity contribution in [2.24, 2.45) is 0 Å². The molecule has 0 saturated carbocycles. The maximum atomic E-state index is 15.8. The summed E-state index contributed by atoms with van der Waals surface area (Å²) in [5.41, 5.74) is 6.23. The van der Waals surface area contributed by atoms with Crippen LogP contribution in [0.25, 0.3) is 22.3 Å². The summed E-state index contributed by atoms with van der Waals surface area (Å²) in [6.07, 6.45) is 5.37. The minimum atomic E-state index is -0.661. The zero-order chi connectivity index (χ0) is 30.4. The molecule has 0 unspecified atom stereocenters. The summed E-state index contributed by atoms with van der Waals surface area (Å²) in [6.45, 7) is 14.0. The van der Waals surface area contributed by atoms with Gasteiger partial charge in [-0.3, -0.25) is 0 Å². The first-order valence-corrected chi connectivity index (χ1v) is 13.7. The molecule has 0 radical (unpaired) electrons. The first-order chi connectivity index (χ1) is 20.1. The van der Waals surface area contributed by atoms with E-state index >= 15 is 4.39 Å². The average molecular weight is 569 g/mol.